The Morgan fingerprint density at radius 2 is 2.31 bits per heavy atom. The third-order valence-electron chi connectivity index (χ3n) is 1.70. The number of aromatic carboxylic acids is 1. The first-order valence-electron chi connectivity index (χ1n) is 4.07. The number of carboxylic acid groups (broad SMARTS) is 1. The van der Waals surface area contributed by atoms with Crippen molar-refractivity contribution < 1.29 is 9.90 Å². The molecule has 1 rings (SSSR count). The van der Waals surface area contributed by atoms with E-state index >= 15 is 0 Å². The van der Waals surface area contributed by atoms with E-state index in [0.29, 0.717) is 5.82 Å². The van der Waals surface area contributed by atoms with Crippen LogP contribution < -0.4 is 5.32 Å². The highest BCUT2D eigenvalue weighted by molar-refractivity contribution is 5.86. The normalized spacial score (nSPS) is 10.5. The van der Waals surface area contributed by atoms with Crippen molar-refractivity contribution in [3.05, 3.63) is 11.8 Å². The smallest absolute Gasteiger partial charge is 0.354 e. The van der Waals surface area contributed by atoms with Gasteiger partial charge in [0.25, 0.3) is 0 Å². The minimum absolute atomic E-state index is 0.0493. The summed E-state index contributed by atoms with van der Waals surface area (Å²) < 4.78 is 1.48. The zero-order chi connectivity index (χ0) is 10.0. The van der Waals surface area contributed by atoms with E-state index in [1.165, 1.54) is 10.7 Å². The summed E-state index contributed by atoms with van der Waals surface area (Å²) in [6.45, 7) is 3.78. The van der Waals surface area contributed by atoms with Gasteiger partial charge in [-0.2, -0.15) is 5.10 Å². The Labute approximate surface area is 76.4 Å². The summed E-state index contributed by atoms with van der Waals surface area (Å²) in [7, 11) is 1.71. The summed E-state index contributed by atoms with van der Waals surface area (Å²) in [6.07, 6.45) is 0. The molecule has 0 amide bonds. The minimum Gasteiger partial charge on any atom is -0.477 e. The van der Waals surface area contributed by atoms with Gasteiger partial charge in [-0.15, -0.1) is 0 Å². The molecule has 1 aromatic heterocycles. The van der Waals surface area contributed by atoms with E-state index in [1.807, 2.05) is 13.8 Å². The lowest BCUT2D eigenvalue weighted by Gasteiger charge is -2.06. The highest BCUT2D eigenvalue weighted by Crippen LogP contribution is 2.13. The van der Waals surface area contributed by atoms with Crippen molar-refractivity contribution in [3.8, 4) is 0 Å². The van der Waals surface area contributed by atoms with E-state index in [-0.39, 0.29) is 11.7 Å². The fourth-order valence-electron chi connectivity index (χ4n) is 1.07. The van der Waals surface area contributed by atoms with Gasteiger partial charge in [-0.3, -0.25) is 4.68 Å². The highest BCUT2D eigenvalue weighted by atomic mass is 16.4. The Morgan fingerprint density at radius 3 is 2.62 bits per heavy atom. The van der Waals surface area contributed by atoms with Gasteiger partial charge in [0.2, 0.25) is 0 Å². The topological polar surface area (TPSA) is 67.2 Å². The second kappa shape index (κ2) is 3.47. The molecule has 13 heavy (non-hydrogen) atoms. The van der Waals surface area contributed by atoms with E-state index < -0.39 is 5.97 Å². The van der Waals surface area contributed by atoms with Crippen LogP contribution in [0.4, 0.5) is 5.82 Å². The molecule has 0 aliphatic carbocycles. The van der Waals surface area contributed by atoms with Crippen LogP contribution in [0.3, 0.4) is 0 Å². The van der Waals surface area contributed by atoms with E-state index in [4.69, 9.17) is 5.11 Å². The van der Waals surface area contributed by atoms with Crippen LogP contribution in [-0.4, -0.2) is 27.9 Å². The van der Waals surface area contributed by atoms with Crippen LogP contribution in [-0.2, 0) is 0 Å². The first kappa shape index (κ1) is 9.57. The molecular formula is C8H13N3O2. The molecule has 0 aromatic carbocycles. The van der Waals surface area contributed by atoms with E-state index in [2.05, 4.69) is 10.4 Å². The standard InChI is InChI=1S/C8H13N3O2/c1-5(2)11-6(8(12)13)4-7(9-3)10-11/h4-5H,1-3H3,(H,9,10)(H,12,13). The van der Waals surface area contributed by atoms with Crippen molar-refractivity contribution in [2.75, 3.05) is 12.4 Å². The maximum absolute atomic E-state index is 10.8. The van der Waals surface area contributed by atoms with E-state index in [9.17, 15) is 4.79 Å². The van der Waals surface area contributed by atoms with Crippen molar-refractivity contribution in [2.24, 2.45) is 0 Å². The summed E-state index contributed by atoms with van der Waals surface area (Å²) >= 11 is 0. The average molecular weight is 183 g/mol. The van der Waals surface area contributed by atoms with Crippen LogP contribution in [0.2, 0.25) is 0 Å². The van der Waals surface area contributed by atoms with Gasteiger partial charge in [-0.25, -0.2) is 4.79 Å². The fourth-order valence-corrected chi connectivity index (χ4v) is 1.07. The predicted octanol–water partition coefficient (Wildman–Crippen LogP) is 1.20. The maximum atomic E-state index is 10.8. The molecule has 0 bridgehead atoms. The Hall–Kier alpha value is -1.52. The lowest BCUT2D eigenvalue weighted by molar-refractivity contribution is 0.0681. The molecule has 0 saturated carbocycles. The van der Waals surface area contributed by atoms with Gasteiger partial charge in [-0.1, -0.05) is 0 Å². The minimum atomic E-state index is -0.956. The first-order valence-corrected chi connectivity index (χ1v) is 4.07. The van der Waals surface area contributed by atoms with Crippen molar-refractivity contribution in [1.82, 2.24) is 9.78 Å². The predicted molar refractivity (Wildman–Crippen MR) is 49.1 cm³/mol. The van der Waals surface area contributed by atoms with Crippen LogP contribution in [0.15, 0.2) is 6.07 Å². The quantitative estimate of drug-likeness (QED) is 0.739. The Bertz CT molecular complexity index is 317. The van der Waals surface area contributed by atoms with Crippen molar-refractivity contribution >= 4 is 11.8 Å². The van der Waals surface area contributed by atoms with Gasteiger partial charge >= 0.3 is 5.97 Å². The molecule has 0 fully saturated rings. The zero-order valence-electron chi connectivity index (χ0n) is 7.90. The Balaban J connectivity index is 3.15. The Kier molecular flexibility index (Phi) is 2.55. The third kappa shape index (κ3) is 1.80. The molecule has 2 N–H and O–H groups in total. The van der Waals surface area contributed by atoms with Gasteiger partial charge in [0, 0.05) is 19.2 Å². The molecule has 1 aromatic rings. The summed E-state index contributed by atoms with van der Waals surface area (Å²) in [5.41, 5.74) is 0.208. The molecule has 5 nitrogen and oxygen atoms in total. The van der Waals surface area contributed by atoms with Crippen LogP contribution in [0.25, 0.3) is 0 Å². The largest absolute Gasteiger partial charge is 0.477 e. The van der Waals surface area contributed by atoms with Crippen LogP contribution in [0, 0.1) is 0 Å². The molecule has 0 unspecified atom stereocenters. The van der Waals surface area contributed by atoms with Gasteiger partial charge in [-0.05, 0) is 13.8 Å². The lowest BCUT2D eigenvalue weighted by Crippen LogP contribution is -2.11. The number of nitrogens with zero attached hydrogens (tertiary/aromatic N) is 2. The summed E-state index contributed by atoms with van der Waals surface area (Å²) in [4.78, 5) is 10.8. The monoisotopic (exact) mass is 183 g/mol. The van der Waals surface area contributed by atoms with Gasteiger partial charge in [0.1, 0.15) is 11.5 Å². The van der Waals surface area contributed by atoms with Gasteiger partial charge in [0.15, 0.2) is 0 Å². The molecule has 0 spiro atoms. The molecule has 0 radical (unpaired) electrons. The SMILES string of the molecule is CNc1cc(C(=O)O)n(C(C)C)n1. The zero-order valence-corrected chi connectivity index (χ0v) is 7.90. The molecule has 0 aliphatic rings. The fraction of sp³-hybridized carbons (Fsp3) is 0.500. The number of nitrogens with one attached hydrogen (secondary N) is 1. The van der Waals surface area contributed by atoms with Gasteiger partial charge < -0.3 is 10.4 Å². The van der Waals surface area contributed by atoms with Crippen LogP contribution in [0.1, 0.15) is 30.4 Å². The molecule has 0 aliphatic heterocycles. The summed E-state index contributed by atoms with van der Waals surface area (Å²) in [5.74, 6) is -0.381. The molecule has 0 saturated heterocycles. The van der Waals surface area contributed by atoms with E-state index in [1.54, 1.807) is 7.05 Å². The number of hydrogen-bond donors (Lipinski definition) is 2. The lowest BCUT2D eigenvalue weighted by atomic mass is 10.3. The number of carbonyl (C=O) groups is 1. The summed E-state index contributed by atoms with van der Waals surface area (Å²) in [6, 6.07) is 1.57. The van der Waals surface area contributed by atoms with E-state index in [0.717, 1.165) is 0 Å². The second-order valence-corrected chi connectivity index (χ2v) is 3.01. The number of hydrogen-bond acceptors (Lipinski definition) is 3. The van der Waals surface area contributed by atoms with Gasteiger partial charge in [0.05, 0.1) is 0 Å². The molecule has 0 atom stereocenters. The maximum Gasteiger partial charge on any atom is 0.354 e. The molecular weight excluding hydrogens is 170 g/mol. The second-order valence-electron chi connectivity index (χ2n) is 3.01. The number of anilines is 1. The number of carboxylic acids is 1. The Morgan fingerprint density at radius 1 is 1.69 bits per heavy atom. The van der Waals surface area contributed by atoms with Crippen molar-refractivity contribution in [2.45, 2.75) is 19.9 Å². The van der Waals surface area contributed by atoms with Crippen molar-refractivity contribution in [3.63, 3.8) is 0 Å². The average Bonchev–Trinajstić information content (AvgIpc) is 2.47. The summed E-state index contributed by atoms with van der Waals surface area (Å²) in [5, 5.41) is 15.7. The molecule has 1 heterocycles. The molecule has 72 valence electrons. The van der Waals surface area contributed by atoms with Crippen molar-refractivity contribution in [1.29, 1.82) is 0 Å². The highest BCUT2D eigenvalue weighted by Gasteiger charge is 2.15. The number of aromatic nitrogens is 2. The number of rotatable bonds is 3. The first-order chi connectivity index (χ1) is 6.06. The van der Waals surface area contributed by atoms with Crippen LogP contribution in [0.5, 0.6) is 0 Å². The van der Waals surface area contributed by atoms with Crippen LogP contribution >= 0.6 is 0 Å². The molecule has 5 heteroatoms. The third-order valence-corrected chi connectivity index (χ3v) is 1.70.